The fourth-order valence-corrected chi connectivity index (χ4v) is 3.88. The van der Waals surface area contributed by atoms with Crippen molar-refractivity contribution in [3.05, 3.63) is 60.8 Å². The van der Waals surface area contributed by atoms with Crippen LogP contribution in [0.15, 0.2) is 58.7 Å². The predicted octanol–water partition coefficient (Wildman–Crippen LogP) is 4.00. The van der Waals surface area contributed by atoms with Gasteiger partial charge in [-0.25, -0.2) is 14.4 Å². The van der Waals surface area contributed by atoms with Crippen molar-refractivity contribution in [2.24, 2.45) is 10.9 Å². The number of nitrogens with zero attached hydrogens (tertiary/aromatic N) is 5. The zero-order chi connectivity index (χ0) is 20.9. The molecule has 31 heavy (non-hydrogen) atoms. The second kappa shape index (κ2) is 10.7. The molecule has 3 heterocycles. The van der Waals surface area contributed by atoms with E-state index in [9.17, 15) is 4.39 Å². The maximum absolute atomic E-state index is 13.1. The van der Waals surface area contributed by atoms with Crippen molar-refractivity contribution >= 4 is 29.9 Å². The molecule has 1 aliphatic rings. The lowest BCUT2D eigenvalue weighted by atomic mass is 9.93. The monoisotopic (exact) mass is 538 g/mol. The first-order chi connectivity index (χ1) is 14.6. The van der Waals surface area contributed by atoms with Crippen molar-refractivity contribution in [3.8, 4) is 11.5 Å². The summed E-state index contributed by atoms with van der Waals surface area (Å²) in [6, 6.07) is 6.52. The number of halogens is 2. The first-order valence-corrected chi connectivity index (χ1v) is 10.3. The van der Waals surface area contributed by atoms with Crippen LogP contribution in [0.4, 0.5) is 4.39 Å². The quantitative estimate of drug-likeness (QED) is 0.302. The van der Waals surface area contributed by atoms with E-state index in [1.165, 1.54) is 12.1 Å². The van der Waals surface area contributed by atoms with Crippen LogP contribution < -0.4 is 5.32 Å². The molecule has 9 heteroatoms. The smallest absolute Gasteiger partial charge is 0.226 e. The molecule has 2 aromatic heterocycles. The van der Waals surface area contributed by atoms with E-state index in [4.69, 9.17) is 4.42 Å². The van der Waals surface area contributed by atoms with Crippen molar-refractivity contribution in [3.63, 3.8) is 0 Å². The van der Waals surface area contributed by atoms with E-state index in [1.807, 2.05) is 25.8 Å². The van der Waals surface area contributed by atoms with Crippen LogP contribution in [0.2, 0.25) is 0 Å². The lowest BCUT2D eigenvalue weighted by Crippen LogP contribution is -2.49. The zero-order valence-electron chi connectivity index (χ0n) is 17.7. The highest BCUT2D eigenvalue weighted by atomic mass is 127. The molecule has 7 nitrogen and oxygen atoms in total. The Morgan fingerprint density at radius 2 is 2.13 bits per heavy atom. The fraction of sp³-hybridized carbons (Fsp3) is 0.409. The number of benzene rings is 1. The van der Waals surface area contributed by atoms with Crippen LogP contribution in [0.3, 0.4) is 0 Å². The molecular weight excluding hydrogens is 510 g/mol. The van der Waals surface area contributed by atoms with E-state index in [0.29, 0.717) is 30.8 Å². The summed E-state index contributed by atoms with van der Waals surface area (Å²) in [4.78, 5) is 15.5. The summed E-state index contributed by atoms with van der Waals surface area (Å²) in [6.45, 7) is 4.87. The highest BCUT2D eigenvalue weighted by Crippen LogP contribution is 2.27. The first kappa shape index (κ1) is 23.2. The third-order valence-electron chi connectivity index (χ3n) is 5.64. The highest BCUT2D eigenvalue weighted by molar-refractivity contribution is 14.0. The first-order valence-electron chi connectivity index (χ1n) is 10.3. The average Bonchev–Trinajstić information content (AvgIpc) is 3.45. The number of aromatic nitrogens is 3. The van der Waals surface area contributed by atoms with Gasteiger partial charge in [-0.05, 0) is 36.6 Å². The molecular formula is C22H28FIN6O. The molecule has 4 rings (SSSR count). The molecule has 166 valence electrons. The molecule has 2 atom stereocenters. The van der Waals surface area contributed by atoms with E-state index >= 15 is 0 Å². The van der Waals surface area contributed by atoms with E-state index in [2.05, 4.69) is 36.7 Å². The van der Waals surface area contributed by atoms with Crippen LogP contribution in [-0.4, -0.2) is 52.1 Å². The minimum Gasteiger partial charge on any atom is -0.444 e. The molecule has 0 radical (unpaired) electrons. The van der Waals surface area contributed by atoms with Crippen molar-refractivity contribution in [2.45, 2.75) is 25.8 Å². The number of rotatable bonds is 5. The Hall–Kier alpha value is -2.43. The van der Waals surface area contributed by atoms with Crippen molar-refractivity contribution in [2.75, 3.05) is 26.7 Å². The number of hydrogen-bond acceptors (Lipinski definition) is 4. The number of likely N-dealkylation sites (tertiary alicyclic amines) is 1. The Kier molecular flexibility index (Phi) is 8.05. The zero-order valence-corrected chi connectivity index (χ0v) is 20.1. The van der Waals surface area contributed by atoms with Crippen molar-refractivity contribution in [1.29, 1.82) is 0 Å². The summed E-state index contributed by atoms with van der Waals surface area (Å²) in [5.41, 5.74) is 1.61. The third-order valence-corrected chi connectivity index (χ3v) is 5.64. The third kappa shape index (κ3) is 5.63. The molecule has 1 fully saturated rings. The van der Waals surface area contributed by atoms with E-state index < -0.39 is 0 Å². The lowest BCUT2D eigenvalue weighted by molar-refractivity contribution is 0.189. The molecule has 0 saturated carbocycles. The minimum absolute atomic E-state index is 0. The SMILES string of the molecule is CN=C(NCCc1coc(-c2ccc(F)cc2)n1)N1CCC(C)C(n2ccnc2)C1.I. The van der Waals surface area contributed by atoms with Crippen LogP contribution in [-0.2, 0) is 6.42 Å². The number of oxazole rings is 1. The van der Waals surface area contributed by atoms with Gasteiger partial charge in [-0.3, -0.25) is 4.99 Å². The lowest BCUT2D eigenvalue weighted by Gasteiger charge is -2.39. The number of imidazole rings is 1. The van der Waals surface area contributed by atoms with Gasteiger partial charge < -0.3 is 19.2 Å². The molecule has 0 aliphatic carbocycles. The molecule has 1 aromatic carbocycles. The van der Waals surface area contributed by atoms with Crippen LogP contribution in [0.1, 0.15) is 25.1 Å². The summed E-state index contributed by atoms with van der Waals surface area (Å²) in [6.07, 6.45) is 9.22. The number of guanidine groups is 1. The molecule has 0 amide bonds. The Labute approximate surface area is 198 Å². The maximum atomic E-state index is 13.1. The summed E-state index contributed by atoms with van der Waals surface area (Å²) < 4.78 is 20.8. The van der Waals surface area contributed by atoms with Gasteiger partial charge in [-0.1, -0.05) is 6.92 Å². The number of aliphatic imine (C=N–C) groups is 1. The summed E-state index contributed by atoms with van der Waals surface area (Å²) in [5.74, 6) is 1.72. The van der Waals surface area contributed by atoms with Crippen LogP contribution in [0, 0.1) is 11.7 Å². The van der Waals surface area contributed by atoms with Gasteiger partial charge >= 0.3 is 0 Å². The normalized spacial score (nSPS) is 19.2. The van der Waals surface area contributed by atoms with Crippen LogP contribution in [0.25, 0.3) is 11.5 Å². The van der Waals surface area contributed by atoms with Gasteiger partial charge in [0, 0.05) is 51.1 Å². The predicted molar refractivity (Wildman–Crippen MR) is 129 cm³/mol. The van der Waals surface area contributed by atoms with Gasteiger partial charge in [0.05, 0.1) is 18.1 Å². The summed E-state index contributed by atoms with van der Waals surface area (Å²) in [7, 11) is 1.81. The second-order valence-electron chi connectivity index (χ2n) is 7.66. The molecule has 1 N–H and O–H groups in total. The number of hydrogen-bond donors (Lipinski definition) is 1. The van der Waals surface area contributed by atoms with E-state index in [0.717, 1.165) is 36.7 Å². The second-order valence-corrected chi connectivity index (χ2v) is 7.66. The van der Waals surface area contributed by atoms with Gasteiger partial charge in [0.25, 0.3) is 0 Å². The van der Waals surface area contributed by atoms with Crippen LogP contribution >= 0.6 is 24.0 Å². The molecule has 3 aromatic rings. The molecule has 2 unspecified atom stereocenters. The van der Waals surface area contributed by atoms with Gasteiger partial charge in [-0.2, -0.15) is 0 Å². The highest BCUT2D eigenvalue weighted by Gasteiger charge is 2.28. The Bertz CT molecular complexity index is 972. The summed E-state index contributed by atoms with van der Waals surface area (Å²) >= 11 is 0. The van der Waals surface area contributed by atoms with E-state index in [1.54, 1.807) is 18.4 Å². The Morgan fingerprint density at radius 3 is 2.84 bits per heavy atom. The Morgan fingerprint density at radius 1 is 1.32 bits per heavy atom. The molecule has 0 spiro atoms. The molecule has 0 bridgehead atoms. The van der Waals surface area contributed by atoms with Crippen molar-refractivity contribution in [1.82, 2.24) is 24.8 Å². The largest absolute Gasteiger partial charge is 0.444 e. The van der Waals surface area contributed by atoms with Gasteiger partial charge in [-0.15, -0.1) is 24.0 Å². The maximum Gasteiger partial charge on any atom is 0.226 e. The van der Waals surface area contributed by atoms with Crippen LogP contribution in [0.5, 0.6) is 0 Å². The van der Waals surface area contributed by atoms with E-state index in [-0.39, 0.29) is 29.8 Å². The van der Waals surface area contributed by atoms with Crippen molar-refractivity contribution < 1.29 is 8.81 Å². The van der Waals surface area contributed by atoms with Gasteiger partial charge in [0.15, 0.2) is 5.96 Å². The topological polar surface area (TPSA) is 71.5 Å². The summed E-state index contributed by atoms with van der Waals surface area (Å²) in [5, 5.41) is 3.44. The minimum atomic E-state index is -0.275. The molecule has 1 aliphatic heterocycles. The number of nitrogens with one attached hydrogen (secondary N) is 1. The number of piperidine rings is 1. The fourth-order valence-electron chi connectivity index (χ4n) is 3.88. The van der Waals surface area contributed by atoms with Gasteiger partial charge in [0.2, 0.25) is 5.89 Å². The Balaban J connectivity index is 0.00000272. The standard InChI is InChI=1S/C22H27FN6O.HI/c1-16-8-11-28(13-20(16)29-12-10-25-15-29)22(24-2)26-9-7-19-14-30-21(27-19)17-3-5-18(23)6-4-17;/h3-6,10,12,14-16,20H,7-9,11,13H2,1-2H3,(H,24,26);1H. The molecule has 1 saturated heterocycles. The van der Waals surface area contributed by atoms with Gasteiger partial charge in [0.1, 0.15) is 12.1 Å². The average molecular weight is 538 g/mol.